The van der Waals surface area contributed by atoms with Gasteiger partial charge in [-0.25, -0.2) is 0 Å². The molecule has 0 saturated heterocycles. The summed E-state index contributed by atoms with van der Waals surface area (Å²) in [5, 5.41) is 52.7. The Hall–Kier alpha value is -1.40. The van der Waals surface area contributed by atoms with Crippen LogP contribution in [0.3, 0.4) is 0 Å². The molecule has 0 saturated carbocycles. The molecule has 0 amide bonds. The highest BCUT2D eigenvalue weighted by atomic mass is 16.5. The number of rotatable bonds is 19. The summed E-state index contributed by atoms with van der Waals surface area (Å²) < 4.78 is 9.99. The topological polar surface area (TPSA) is 143 Å². The van der Waals surface area contributed by atoms with Crippen molar-refractivity contribution in [2.45, 2.75) is 25.6 Å². The normalized spacial score (nSPS) is 12.5. The van der Waals surface area contributed by atoms with Crippen molar-refractivity contribution in [1.29, 1.82) is 0 Å². The summed E-state index contributed by atoms with van der Waals surface area (Å²) in [5.41, 5.74) is -0.483. The van der Waals surface area contributed by atoms with E-state index in [4.69, 9.17) is 40.1 Å². The van der Waals surface area contributed by atoms with E-state index in [9.17, 15) is 0 Å². The lowest BCUT2D eigenvalue weighted by molar-refractivity contribution is -0.0227. The number of aliphatic hydroxyl groups excluding tert-OH is 6. The second-order valence-electron chi connectivity index (χ2n) is 7.27. The zero-order valence-corrected chi connectivity index (χ0v) is 20.2. The summed E-state index contributed by atoms with van der Waals surface area (Å²) in [4.78, 5) is 1.95. The van der Waals surface area contributed by atoms with Crippen molar-refractivity contribution in [3.8, 4) is 0 Å². The summed E-state index contributed by atoms with van der Waals surface area (Å²) in [6, 6.07) is 0. The van der Waals surface area contributed by atoms with Gasteiger partial charge in [0.2, 0.25) is 0 Å². The van der Waals surface area contributed by atoms with E-state index >= 15 is 0 Å². The zero-order chi connectivity index (χ0) is 26.0. The molecule has 0 radical (unpaired) electrons. The van der Waals surface area contributed by atoms with Gasteiger partial charge in [0.1, 0.15) is 6.10 Å². The number of ether oxygens (including phenoxy) is 2. The highest BCUT2D eigenvalue weighted by Crippen LogP contribution is 2.20. The average Bonchev–Trinajstić information content (AvgIpc) is 2.83. The fourth-order valence-corrected chi connectivity index (χ4v) is 2.11. The van der Waals surface area contributed by atoms with E-state index in [1.807, 2.05) is 11.8 Å². The third kappa shape index (κ3) is 23.6. The van der Waals surface area contributed by atoms with Gasteiger partial charge in [0.15, 0.2) is 0 Å². The van der Waals surface area contributed by atoms with Crippen molar-refractivity contribution in [3.05, 3.63) is 50.6 Å². The van der Waals surface area contributed by atoms with Gasteiger partial charge in [-0.05, 0) is 6.42 Å². The average molecular weight is 478 g/mol. The van der Waals surface area contributed by atoms with Gasteiger partial charge in [-0.3, -0.25) is 4.90 Å². The summed E-state index contributed by atoms with van der Waals surface area (Å²) in [6.45, 7) is 18.8. The molecule has 0 heterocycles. The molecule has 0 bridgehead atoms. The number of hydrogen-bond donors (Lipinski definition) is 6. The van der Waals surface area contributed by atoms with Crippen LogP contribution >= 0.6 is 0 Å². The molecule has 0 aromatic carbocycles. The minimum Gasteiger partial charge on any atom is -0.396 e. The van der Waals surface area contributed by atoms with E-state index in [-0.39, 0.29) is 33.0 Å². The van der Waals surface area contributed by atoms with Crippen LogP contribution in [0, 0.1) is 5.41 Å². The molecule has 9 nitrogen and oxygen atoms in total. The molecule has 0 aliphatic carbocycles. The van der Waals surface area contributed by atoms with Crippen LogP contribution in [-0.4, -0.2) is 120 Å². The van der Waals surface area contributed by atoms with Crippen LogP contribution in [0.5, 0.6) is 0 Å². The third-order valence-electron chi connectivity index (χ3n) is 4.28. The minimum absolute atomic E-state index is 0.0445. The lowest BCUT2D eigenvalue weighted by Gasteiger charge is -2.27. The molecule has 0 rings (SSSR count). The molecular formula is C24H47NO8. The quantitative estimate of drug-likeness (QED) is 0.113. The van der Waals surface area contributed by atoms with Gasteiger partial charge >= 0.3 is 0 Å². The summed E-state index contributed by atoms with van der Waals surface area (Å²) in [7, 11) is 0. The minimum atomic E-state index is -0.759. The van der Waals surface area contributed by atoms with Crippen LogP contribution < -0.4 is 0 Å². The largest absolute Gasteiger partial charge is 0.396 e. The van der Waals surface area contributed by atoms with E-state index in [0.29, 0.717) is 45.9 Å². The first-order valence-corrected chi connectivity index (χ1v) is 10.9. The van der Waals surface area contributed by atoms with Gasteiger partial charge in [0.05, 0.1) is 59.0 Å². The van der Waals surface area contributed by atoms with Crippen LogP contribution in [-0.2, 0) is 9.47 Å². The maximum Gasteiger partial charge on any atom is 0.100 e. The zero-order valence-electron chi connectivity index (χ0n) is 20.2. The van der Waals surface area contributed by atoms with Gasteiger partial charge in [-0.2, -0.15) is 0 Å². The lowest BCUT2D eigenvalue weighted by atomic mass is 9.88. The first kappa shape index (κ1) is 36.2. The van der Waals surface area contributed by atoms with Gasteiger partial charge < -0.3 is 40.1 Å². The Morgan fingerprint density at radius 1 is 0.788 bits per heavy atom. The van der Waals surface area contributed by atoms with E-state index < -0.39 is 17.6 Å². The Morgan fingerprint density at radius 2 is 1.27 bits per heavy atom. The molecule has 0 fully saturated rings. The molecule has 0 aliphatic heterocycles. The molecule has 33 heavy (non-hydrogen) atoms. The molecule has 2 atom stereocenters. The van der Waals surface area contributed by atoms with Crippen LogP contribution in [0.1, 0.15) is 13.3 Å². The highest BCUT2D eigenvalue weighted by molar-refractivity contribution is 4.81. The van der Waals surface area contributed by atoms with Crippen LogP contribution in [0.2, 0.25) is 0 Å². The van der Waals surface area contributed by atoms with Crippen LogP contribution in [0.25, 0.3) is 0 Å². The molecule has 0 aliphatic rings. The number of aliphatic hydroxyl groups is 6. The van der Waals surface area contributed by atoms with Gasteiger partial charge in [-0.1, -0.05) is 31.2 Å². The maximum absolute atomic E-state index is 9.12. The molecule has 196 valence electrons. The summed E-state index contributed by atoms with van der Waals surface area (Å²) in [6.07, 6.45) is 6.02. The molecular weight excluding hydrogens is 430 g/mol. The standard InChI is InChI=1S/C9H17NO2.C9H18O3.C6H12O3/c1-3-5-10(6-4-2)7-9(12)8-11;1-3-5-12-8-9(4-2,6-10)7-11;1-2-3-9-5-6(8)4-7/h3-4,9,11-12H,1-2,5-8H2;3,10-11H,1,4-8H2,2H3;2,6-8H,1,3-5H2. The molecule has 9 heteroatoms. The first-order valence-electron chi connectivity index (χ1n) is 10.9. The van der Waals surface area contributed by atoms with E-state index in [2.05, 4.69) is 26.3 Å². The highest BCUT2D eigenvalue weighted by Gasteiger charge is 2.26. The van der Waals surface area contributed by atoms with Crippen molar-refractivity contribution >= 4 is 0 Å². The number of nitrogens with zero attached hydrogens (tertiary/aromatic N) is 1. The fourth-order valence-electron chi connectivity index (χ4n) is 2.11. The second kappa shape index (κ2) is 26.8. The van der Waals surface area contributed by atoms with Crippen molar-refractivity contribution in [1.82, 2.24) is 4.90 Å². The maximum atomic E-state index is 9.12. The Bertz CT molecular complexity index is 439. The van der Waals surface area contributed by atoms with Gasteiger partial charge in [0, 0.05) is 25.0 Å². The molecule has 0 aromatic heterocycles. The molecule has 6 N–H and O–H groups in total. The lowest BCUT2D eigenvalue weighted by Crippen LogP contribution is -2.34. The first-order chi connectivity index (χ1) is 15.8. The third-order valence-corrected chi connectivity index (χ3v) is 4.28. The molecule has 2 unspecified atom stereocenters. The monoisotopic (exact) mass is 477 g/mol. The van der Waals surface area contributed by atoms with E-state index in [1.165, 1.54) is 0 Å². The summed E-state index contributed by atoms with van der Waals surface area (Å²) >= 11 is 0. The number of hydrogen-bond acceptors (Lipinski definition) is 9. The fraction of sp³-hybridized carbons (Fsp3) is 0.667. The Labute approximate surface area is 199 Å². The predicted octanol–water partition coefficient (Wildman–Crippen LogP) is 0.126. The Kier molecular flexibility index (Phi) is 29.4. The molecule has 0 aromatic rings. The van der Waals surface area contributed by atoms with Crippen LogP contribution in [0.15, 0.2) is 50.6 Å². The Balaban J connectivity index is -0.000000414. The Morgan fingerprint density at radius 3 is 1.64 bits per heavy atom. The molecule has 0 spiro atoms. The van der Waals surface area contributed by atoms with Crippen molar-refractivity contribution < 1.29 is 40.1 Å². The predicted molar refractivity (Wildman–Crippen MR) is 132 cm³/mol. The van der Waals surface area contributed by atoms with Crippen molar-refractivity contribution in [2.75, 3.05) is 72.5 Å². The van der Waals surface area contributed by atoms with E-state index in [1.54, 1.807) is 24.3 Å². The van der Waals surface area contributed by atoms with E-state index in [0.717, 1.165) is 0 Å². The smallest absolute Gasteiger partial charge is 0.100 e. The second-order valence-corrected chi connectivity index (χ2v) is 7.27. The SMILES string of the molecule is C=CCN(CC=C)CC(O)CO.C=CCOCC(CC)(CO)CO.C=CCOCC(O)CO. The van der Waals surface area contributed by atoms with Crippen molar-refractivity contribution in [2.24, 2.45) is 5.41 Å². The van der Waals surface area contributed by atoms with Gasteiger partial charge in [-0.15, -0.1) is 26.3 Å². The van der Waals surface area contributed by atoms with Crippen LogP contribution in [0.4, 0.5) is 0 Å². The summed E-state index contributed by atoms with van der Waals surface area (Å²) in [5.74, 6) is 0. The van der Waals surface area contributed by atoms with Crippen molar-refractivity contribution in [3.63, 3.8) is 0 Å². The van der Waals surface area contributed by atoms with Gasteiger partial charge in [0.25, 0.3) is 0 Å².